The van der Waals surface area contributed by atoms with Gasteiger partial charge in [0.1, 0.15) is 6.04 Å². The van der Waals surface area contributed by atoms with Crippen molar-refractivity contribution in [3.8, 4) is 0 Å². The lowest BCUT2D eigenvalue weighted by atomic mass is 9.78. The van der Waals surface area contributed by atoms with Crippen LogP contribution in [0.3, 0.4) is 0 Å². The molecule has 1 aromatic carbocycles. The van der Waals surface area contributed by atoms with Crippen LogP contribution in [-0.4, -0.2) is 191 Å². The number of nitrogens with one attached hydrogen (secondary N) is 5. The Bertz CT molecular complexity index is 1460. The van der Waals surface area contributed by atoms with Crippen molar-refractivity contribution in [1.29, 1.82) is 0 Å². The van der Waals surface area contributed by atoms with Crippen molar-refractivity contribution in [3.05, 3.63) is 29.8 Å². The third kappa shape index (κ3) is 18.6. The summed E-state index contributed by atoms with van der Waals surface area (Å²) >= 11 is 0. The number of carbonyl (C=O) groups is 7. The van der Waals surface area contributed by atoms with Crippen molar-refractivity contribution < 1.29 is 58.9 Å². The minimum absolute atomic E-state index is 0.0640. The van der Waals surface area contributed by atoms with Gasteiger partial charge in [0, 0.05) is 64.3 Å². The van der Waals surface area contributed by atoms with Gasteiger partial charge in [-0.3, -0.25) is 59.1 Å². The van der Waals surface area contributed by atoms with E-state index in [2.05, 4.69) is 26.8 Å². The summed E-state index contributed by atoms with van der Waals surface area (Å²) in [7, 11) is -1.66. The fourth-order valence-electron chi connectivity index (χ4n) is 5.88. The number of carboxylic acids is 3. The van der Waals surface area contributed by atoms with Gasteiger partial charge in [-0.2, -0.15) is 0 Å². The van der Waals surface area contributed by atoms with Crippen LogP contribution in [-0.2, 0) is 28.8 Å². The van der Waals surface area contributed by atoms with Crippen LogP contribution in [0, 0.1) is 0 Å². The summed E-state index contributed by atoms with van der Waals surface area (Å²) in [5.41, 5.74) is 6.03. The molecule has 0 spiro atoms. The molecular weight excluding hydrogens is 737 g/mol. The lowest BCUT2D eigenvalue weighted by Crippen LogP contribution is -2.52. The molecule has 0 radical (unpaired) electrons. The van der Waals surface area contributed by atoms with E-state index in [1.165, 1.54) is 24.0 Å². The van der Waals surface area contributed by atoms with Gasteiger partial charge < -0.3 is 46.2 Å². The van der Waals surface area contributed by atoms with Crippen LogP contribution in [0.1, 0.15) is 49.9 Å². The Morgan fingerprint density at radius 2 is 1.43 bits per heavy atom. The van der Waals surface area contributed by atoms with Gasteiger partial charge in [0.25, 0.3) is 5.91 Å². The van der Waals surface area contributed by atoms with Crippen LogP contribution in [0.15, 0.2) is 24.3 Å². The first-order chi connectivity index (χ1) is 26.6. The quantitative estimate of drug-likeness (QED) is 0.0229. The molecule has 0 aliphatic carbocycles. The van der Waals surface area contributed by atoms with Gasteiger partial charge in [-0.05, 0) is 57.0 Å². The first kappa shape index (κ1) is 47.3. The minimum atomic E-state index is -1.66. The maximum Gasteiger partial charge on any atom is 0.475 e. The predicted octanol–water partition coefficient (Wildman–Crippen LogP) is -3.08. The molecule has 0 unspecified atom stereocenters. The molecule has 1 saturated heterocycles. The van der Waals surface area contributed by atoms with Crippen LogP contribution in [0.25, 0.3) is 0 Å². The molecule has 2 atom stereocenters. The summed E-state index contributed by atoms with van der Waals surface area (Å²) in [6.07, 6.45) is 1.46. The second-order valence-corrected chi connectivity index (χ2v) is 13.3. The van der Waals surface area contributed by atoms with Crippen LogP contribution < -0.4 is 26.8 Å². The maximum atomic E-state index is 12.8. The molecule has 10 N–H and O–H groups in total. The van der Waals surface area contributed by atoms with Crippen molar-refractivity contribution in [1.82, 2.24) is 41.0 Å². The van der Waals surface area contributed by atoms with Crippen LogP contribution in [0.5, 0.6) is 0 Å². The first-order valence-corrected chi connectivity index (χ1v) is 18.5. The smallest absolute Gasteiger partial charge is 0.475 e. The van der Waals surface area contributed by atoms with Crippen molar-refractivity contribution in [2.75, 3.05) is 90.5 Å². The van der Waals surface area contributed by atoms with E-state index < -0.39 is 48.8 Å². The average molecular weight is 794 g/mol. The zero-order chi connectivity index (χ0) is 41.6. The first-order valence-electron chi connectivity index (χ1n) is 18.5. The van der Waals surface area contributed by atoms with E-state index in [-0.39, 0.29) is 89.2 Å². The molecule has 0 aromatic heterocycles. The van der Waals surface area contributed by atoms with E-state index in [0.29, 0.717) is 44.6 Å². The van der Waals surface area contributed by atoms with Crippen molar-refractivity contribution in [3.63, 3.8) is 0 Å². The number of amides is 4. The topological polar surface area (TPSA) is 294 Å². The minimum Gasteiger partial charge on any atom is -0.480 e. The molecular formula is C34H56BN9O12. The van der Waals surface area contributed by atoms with E-state index >= 15 is 0 Å². The normalized spacial score (nSPS) is 14.4. The maximum absolute atomic E-state index is 12.8. The predicted molar refractivity (Wildman–Crippen MR) is 203 cm³/mol. The molecule has 2 rings (SSSR count). The molecule has 22 heteroatoms. The van der Waals surface area contributed by atoms with Crippen molar-refractivity contribution >= 4 is 54.3 Å². The molecule has 1 aromatic rings. The Labute approximate surface area is 325 Å². The van der Waals surface area contributed by atoms with E-state index in [9.17, 15) is 48.7 Å². The second kappa shape index (κ2) is 25.3. The fourth-order valence-corrected chi connectivity index (χ4v) is 5.88. The zero-order valence-electron chi connectivity index (χ0n) is 31.9. The Kier molecular flexibility index (Phi) is 21.4. The number of rotatable bonds is 28. The Balaban J connectivity index is 1.78. The van der Waals surface area contributed by atoms with Gasteiger partial charge in [0.2, 0.25) is 17.7 Å². The Hall–Kier alpha value is -4.87. The van der Waals surface area contributed by atoms with Gasteiger partial charge >= 0.3 is 25.0 Å². The number of likely N-dealkylation sites (tertiary alicyclic amines) is 1. The highest BCUT2D eigenvalue weighted by Crippen LogP contribution is 2.19. The molecule has 1 heterocycles. The molecule has 312 valence electrons. The number of hydrogen-bond donors (Lipinski definition) is 10. The summed E-state index contributed by atoms with van der Waals surface area (Å²) in [6.45, 7) is 5.22. The van der Waals surface area contributed by atoms with Gasteiger partial charge in [-0.25, -0.2) is 0 Å². The summed E-state index contributed by atoms with van der Waals surface area (Å²) in [6, 6.07) is 5.24. The second-order valence-electron chi connectivity index (χ2n) is 13.3. The molecule has 0 saturated carbocycles. The summed E-state index contributed by atoms with van der Waals surface area (Å²) in [5, 5.41) is 54.6. The third-order valence-electron chi connectivity index (χ3n) is 8.92. The van der Waals surface area contributed by atoms with E-state index in [1.54, 1.807) is 33.8 Å². The number of aliphatic carboxylic acids is 3. The molecule has 1 aliphatic heterocycles. The number of anilines is 1. The van der Waals surface area contributed by atoms with E-state index in [1.807, 2.05) is 0 Å². The van der Waals surface area contributed by atoms with Gasteiger partial charge in [-0.1, -0.05) is 6.92 Å². The number of hydrogen-bond acceptors (Lipinski definition) is 14. The molecule has 4 amide bonds. The van der Waals surface area contributed by atoms with Crippen LogP contribution in [0.4, 0.5) is 5.69 Å². The number of hydrazine groups is 1. The average Bonchev–Trinajstić information content (AvgIpc) is 3.64. The Morgan fingerprint density at radius 1 is 0.821 bits per heavy atom. The van der Waals surface area contributed by atoms with Gasteiger partial charge in [-0.15, -0.1) is 0 Å². The number of nitrogens with zero attached hydrogens (tertiary/aromatic N) is 4. The number of carboxylic acid groups (broad SMARTS) is 3. The molecule has 0 bridgehead atoms. The highest BCUT2D eigenvalue weighted by molar-refractivity contribution is 6.43. The molecule has 21 nitrogen and oxygen atoms in total. The molecule has 1 aliphatic rings. The highest BCUT2D eigenvalue weighted by atomic mass is 16.4. The van der Waals surface area contributed by atoms with Crippen LogP contribution in [0.2, 0.25) is 0 Å². The van der Waals surface area contributed by atoms with E-state index in [4.69, 9.17) is 10.2 Å². The third-order valence-corrected chi connectivity index (χ3v) is 8.92. The van der Waals surface area contributed by atoms with Gasteiger partial charge in [0.15, 0.2) is 0 Å². The molecule has 56 heavy (non-hydrogen) atoms. The standard InChI is InChI=1S/C34H56BN9O12/c1-3-41(22-31(49)50)16-17-43(23-32(51)52)19-18-42(15-13-36-20-30(47)48)21-29(46)37-12-4-7-28(45)40-39-26-10-8-25(9-11-26)33(53)38-24(2)34(54)44-14-5-6-27(44)35(55)56/h8-11,24,27,36,39,55-56H,3-7,12-23H2,1-2H3,(H,37,46)(H,38,53)(H,40,45)(H,47,48)(H,49,50)(H,51,52)/t24-,27+/m1/s1. The van der Waals surface area contributed by atoms with Gasteiger partial charge in [0.05, 0.1) is 37.8 Å². The SMILES string of the molecule is CCN(CCN(CCN(CCNCC(=O)O)CC(=O)NCCCC(=O)NNc1ccc(C(=O)N[C@H](C)C(=O)N2CCC[C@H]2B(O)O)cc1)CC(=O)O)CC(=O)O. The largest absolute Gasteiger partial charge is 0.480 e. The number of carbonyl (C=O) groups excluding carboxylic acids is 4. The summed E-state index contributed by atoms with van der Waals surface area (Å²) in [5.74, 6) is -5.44. The van der Waals surface area contributed by atoms with Crippen LogP contribution >= 0.6 is 0 Å². The summed E-state index contributed by atoms with van der Waals surface area (Å²) in [4.78, 5) is 90.6. The Morgan fingerprint density at radius 3 is 2.02 bits per heavy atom. The highest BCUT2D eigenvalue weighted by Gasteiger charge is 2.38. The fraction of sp³-hybridized carbons (Fsp3) is 0.618. The summed E-state index contributed by atoms with van der Waals surface area (Å²) < 4.78 is 0. The number of likely N-dealkylation sites (N-methyl/N-ethyl adjacent to an activating group) is 1. The van der Waals surface area contributed by atoms with E-state index in [0.717, 1.165) is 0 Å². The molecule has 1 fully saturated rings. The number of benzene rings is 1. The lowest BCUT2D eigenvalue weighted by molar-refractivity contribution is -0.140. The zero-order valence-corrected chi connectivity index (χ0v) is 31.9. The van der Waals surface area contributed by atoms with Crippen molar-refractivity contribution in [2.45, 2.75) is 51.5 Å². The lowest BCUT2D eigenvalue weighted by Gasteiger charge is -2.28. The monoisotopic (exact) mass is 793 g/mol. The van der Waals surface area contributed by atoms with Crippen molar-refractivity contribution in [2.24, 2.45) is 0 Å².